The Morgan fingerprint density at radius 3 is 2.65 bits per heavy atom. The maximum Gasteiger partial charge on any atom is 0.265 e. The summed E-state index contributed by atoms with van der Waals surface area (Å²) in [5.41, 5.74) is 3.66. The highest BCUT2D eigenvalue weighted by atomic mass is 32.1. The molecule has 140 valence electrons. The lowest BCUT2D eigenvalue weighted by molar-refractivity contribution is 0.0706. The Balaban J connectivity index is 1.76. The maximum absolute atomic E-state index is 13.2. The van der Waals surface area contributed by atoms with Crippen LogP contribution in [0.5, 0.6) is 0 Å². The van der Waals surface area contributed by atoms with Crippen molar-refractivity contribution < 1.29 is 9.18 Å². The van der Waals surface area contributed by atoms with Gasteiger partial charge in [0.15, 0.2) is 0 Å². The van der Waals surface area contributed by atoms with Gasteiger partial charge in [-0.3, -0.25) is 9.69 Å². The first-order valence-corrected chi connectivity index (χ1v) is 10.0. The minimum absolute atomic E-state index is 0.0966. The van der Waals surface area contributed by atoms with E-state index in [1.807, 2.05) is 24.0 Å². The van der Waals surface area contributed by atoms with Gasteiger partial charge >= 0.3 is 0 Å². The van der Waals surface area contributed by atoms with Crippen molar-refractivity contribution in [3.8, 4) is 0 Å². The smallest absolute Gasteiger partial charge is 0.265 e. The Bertz CT molecular complexity index is 744. The van der Waals surface area contributed by atoms with Gasteiger partial charge in [0.25, 0.3) is 5.91 Å². The van der Waals surface area contributed by atoms with Crippen LogP contribution >= 0.6 is 11.3 Å². The van der Waals surface area contributed by atoms with Gasteiger partial charge in [-0.2, -0.15) is 0 Å². The molecule has 1 fully saturated rings. The summed E-state index contributed by atoms with van der Waals surface area (Å²) in [5.74, 6) is 0.312. The van der Waals surface area contributed by atoms with Crippen LogP contribution in [0.1, 0.15) is 41.2 Å². The van der Waals surface area contributed by atoms with Crippen LogP contribution in [-0.4, -0.2) is 46.4 Å². The number of rotatable bonds is 4. The molecule has 4 nitrogen and oxygen atoms in total. The molecule has 1 aromatic carbocycles. The Morgan fingerprint density at radius 1 is 1.31 bits per heavy atom. The Kier molecular flexibility index (Phi) is 6.04. The van der Waals surface area contributed by atoms with Gasteiger partial charge in [0.1, 0.15) is 10.7 Å². The lowest BCUT2D eigenvalue weighted by Crippen LogP contribution is -2.45. The summed E-state index contributed by atoms with van der Waals surface area (Å²) in [6, 6.07) is 7.00. The molecule has 0 aliphatic carbocycles. The van der Waals surface area contributed by atoms with E-state index in [0.29, 0.717) is 5.92 Å². The summed E-state index contributed by atoms with van der Waals surface area (Å²) in [5, 5.41) is 0. The van der Waals surface area contributed by atoms with Crippen molar-refractivity contribution in [3.05, 3.63) is 51.7 Å². The number of nitrogens with zero attached hydrogens (tertiary/aromatic N) is 3. The third-order valence-corrected chi connectivity index (χ3v) is 5.96. The van der Waals surface area contributed by atoms with Crippen molar-refractivity contribution in [1.82, 2.24) is 14.8 Å². The molecule has 0 N–H and O–H groups in total. The van der Waals surface area contributed by atoms with Gasteiger partial charge in [-0.05, 0) is 37.0 Å². The van der Waals surface area contributed by atoms with Crippen molar-refractivity contribution in [2.24, 2.45) is 5.92 Å². The van der Waals surface area contributed by atoms with Crippen molar-refractivity contribution in [2.75, 3.05) is 19.6 Å². The van der Waals surface area contributed by atoms with Gasteiger partial charge in [-0.25, -0.2) is 9.37 Å². The van der Waals surface area contributed by atoms with Crippen LogP contribution in [0.2, 0.25) is 0 Å². The second-order valence-electron chi connectivity index (χ2n) is 7.28. The summed E-state index contributed by atoms with van der Waals surface area (Å²) in [6.45, 7) is 9.50. The second kappa shape index (κ2) is 8.27. The highest BCUT2D eigenvalue weighted by Gasteiger charge is 2.30. The lowest BCUT2D eigenvalue weighted by atomic mass is 10.0. The molecule has 1 amide bonds. The summed E-state index contributed by atoms with van der Waals surface area (Å²) in [7, 11) is 0. The zero-order valence-corrected chi connectivity index (χ0v) is 16.4. The highest BCUT2D eigenvalue weighted by molar-refractivity contribution is 7.11. The number of carbonyl (C=O) groups is 1. The normalized spacial score (nSPS) is 19.0. The average molecular weight is 376 g/mol. The maximum atomic E-state index is 13.2. The van der Waals surface area contributed by atoms with Crippen molar-refractivity contribution >= 4 is 17.2 Å². The third-order valence-electron chi connectivity index (χ3n) is 5.05. The van der Waals surface area contributed by atoms with Crippen LogP contribution in [-0.2, 0) is 6.54 Å². The van der Waals surface area contributed by atoms with Crippen LogP contribution in [0.3, 0.4) is 0 Å². The standard InChI is InChI=1S/C20H26FN3OS/c1-14(2)18-12-24(20(25)19-15(3)22-13-26-19)10-4-9-23(18)11-16-5-7-17(21)8-6-16/h5-8,13-14,18H,4,9-12H2,1-3H3/t18-/m0/s1. The molecule has 0 bridgehead atoms. The Morgan fingerprint density at radius 2 is 2.04 bits per heavy atom. The van der Waals surface area contributed by atoms with Gasteiger partial charge < -0.3 is 4.90 Å². The van der Waals surface area contributed by atoms with Gasteiger partial charge in [-0.1, -0.05) is 26.0 Å². The summed E-state index contributed by atoms with van der Waals surface area (Å²) < 4.78 is 13.2. The fourth-order valence-electron chi connectivity index (χ4n) is 3.55. The van der Waals surface area contributed by atoms with Crippen molar-refractivity contribution in [3.63, 3.8) is 0 Å². The molecule has 0 spiro atoms. The van der Waals surface area contributed by atoms with E-state index >= 15 is 0 Å². The monoisotopic (exact) mass is 375 g/mol. The summed E-state index contributed by atoms with van der Waals surface area (Å²) in [6.07, 6.45) is 0.938. The van der Waals surface area contributed by atoms with E-state index < -0.39 is 0 Å². The van der Waals surface area contributed by atoms with E-state index in [1.165, 1.54) is 23.5 Å². The van der Waals surface area contributed by atoms with Crippen LogP contribution in [0.25, 0.3) is 0 Å². The molecule has 6 heteroatoms. The van der Waals surface area contributed by atoms with Gasteiger partial charge in [0.2, 0.25) is 0 Å². The topological polar surface area (TPSA) is 36.4 Å². The highest BCUT2D eigenvalue weighted by Crippen LogP contribution is 2.23. The van der Waals surface area contributed by atoms with E-state index in [1.54, 1.807) is 5.51 Å². The fourth-order valence-corrected chi connectivity index (χ4v) is 4.32. The predicted octanol–water partition coefficient (Wildman–Crippen LogP) is 3.96. The predicted molar refractivity (Wildman–Crippen MR) is 103 cm³/mol. The van der Waals surface area contributed by atoms with E-state index in [0.717, 1.165) is 48.7 Å². The van der Waals surface area contributed by atoms with Gasteiger partial charge in [0, 0.05) is 32.2 Å². The number of aromatic nitrogens is 1. The van der Waals surface area contributed by atoms with E-state index in [2.05, 4.69) is 23.7 Å². The molecule has 1 aliphatic rings. The molecule has 0 unspecified atom stereocenters. The molecular formula is C20H26FN3OS. The molecule has 3 rings (SSSR count). The Hall–Kier alpha value is -1.79. The average Bonchev–Trinajstić information content (AvgIpc) is 2.92. The van der Waals surface area contributed by atoms with Crippen LogP contribution in [0, 0.1) is 18.7 Å². The van der Waals surface area contributed by atoms with Gasteiger partial charge in [-0.15, -0.1) is 11.3 Å². The molecule has 1 atom stereocenters. The molecule has 1 saturated heterocycles. The SMILES string of the molecule is Cc1ncsc1C(=O)N1CCCN(Cc2ccc(F)cc2)[C@H](C(C)C)C1. The quantitative estimate of drug-likeness (QED) is 0.811. The first-order valence-electron chi connectivity index (χ1n) is 9.13. The summed E-state index contributed by atoms with van der Waals surface area (Å²) in [4.78, 5) is 22.3. The molecule has 0 saturated carbocycles. The van der Waals surface area contributed by atoms with E-state index in [4.69, 9.17) is 0 Å². The molecular weight excluding hydrogens is 349 g/mol. The first kappa shape index (κ1) is 19.0. The number of hydrogen-bond donors (Lipinski definition) is 0. The van der Waals surface area contributed by atoms with Crippen LogP contribution in [0.15, 0.2) is 29.8 Å². The third kappa shape index (κ3) is 4.30. The van der Waals surface area contributed by atoms with E-state index in [9.17, 15) is 9.18 Å². The number of carbonyl (C=O) groups excluding carboxylic acids is 1. The molecule has 2 aromatic rings. The number of benzene rings is 1. The number of aryl methyl sites for hydroxylation is 1. The zero-order chi connectivity index (χ0) is 18.7. The second-order valence-corrected chi connectivity index (χ2v) is 8.13. The van der Waals surface area contributed by atoms with E-state index in [-0.39, 0.29) is 17.8 Å². The minimum atomic E-state index is -0.207. The number of hydrogen-bond acceptors (Lipinski definition) is 4. The molecule has 26 heavy (non-hydrogen) atoms. The van der Waals surface area contributed by atoms with Crippen molar-refractivity contribution in [2.45, 2.75) is 39.8 Å². The van der Waals surface area contributed by atoms with Crippen molar-refractivity contribution in [1.29, 1.82) is 0 Å². The number of thiazole rings is 1. The fraction of sp³-hybridized carbons (Fsp3) is 0.500. The minimum Gasteiger partial charge on any atom is -0.336 e. The Labute approximate surface area is 158 Å². The summed E-state index contributed by atoms with van der Waals surface area (Å²) >= 11 is 1.42. The first-order chi connectivity index (χ1) is 12.5. The number of halogens is 1. The van der Waals surface area contributed by atoms with Crippen LogP contribution in [0.4, 0.5) is 4.39 Å². The largest absolute Gasteiger partial charge is 0.336 e. The lowest BCUT2D eigenvalue weighted by Gasteiger charge is -2.34. The molecule has 1 aliphatic heterocycles. The molecule has 0 radical (unpaired) electrons. The van der Waals surface area contributed by atoms with Gasteiger partial charge in [0.05, 0.1) is 11.2 Å². The molecule has 2 heterocycles. The zero-order valence-electron chi connectivity index (χ0n) is 15.6. The van der Waals surface area contributed by atoms with Crippen LogP contribution < -0.4 is 0 Å². The number of amides is 1. The molecule has 1 aromatic heterocycles.